The number of piperazine rings is 1. The van der Waals surface area contributed by atoms with Gasteiger partial charge in [0.1, 0.15) is 0 Å². The highest BCUT2D eigenvalue weighted by atomic mass is 15.3. The molecule has 0 radical (unpaired) electrons. The van der Waals surface area contributed by atoms with E-state index in [0.29, 0.717) is 12.1 Å². The molecular formula is C18H26N2. The molecule has 1 saturated heterocycles. The molecular weight excluding hydrogens is 244 g/mol. The van der Waals surface area contributed by atoms with Gasteiger partial charge in [0.15, 0.2) is 0 Å². The van der Waals surface area contributed by atoms with Crippen LogP contribution in [0.3, 0.4) is 0 Å². The van der Waals surface area contributed by atoms with Gasteiger partial charge < -0.3 is 4.90 Å². The Kier molecular flexibility index (Phi) is 4.11. The normalized spacial score (nSPS) is 24.5. The van der Waals surface area contributed by atoms with Crippen LogP contribution in [0.2, 0.25) is 0 Å². The molecule has 20 heavy (non-hydrogen) atoms. The van der Waals surface area contributed by atoms with Crippen LogP contribution < -0.4 is 4.90 Å². The Balaban J connectivity index is 2.20. The fourth-order valence-corrected chi connectivity index (χ4v) is 3.65. The monoisotopic (exact) mass is 270 g/mol. The second-order valence-electron chi connectivity index (χ2n) is 6.88. The lowest BCUT2D eigenvalue weighted by molar-refractivity contribution is 0.0361. The van der Waals surface area contributed by atoms with Crippen molar-refractivity contribution in [2.45, 2.75) is 52.2 Å². The first-order chi connectivity index (χ1) is 9.32. The number of anilines is 1. The lowest BCUT2D eigenvalue weighted by Crippen LogP contribution is -2.62. The summed E-state index contributed by atoms with van der Waals surface area (Å²) in [5, 5.41) is 0. The predicted molar refractivity (Wildman–Crippen MR) is 87.1 cm³/mol. The minimum atomic E-state index is 0.214. The summed E-state index contributed by atoms with van der Waals surface area (Å²) in [5.41, 5.74) is 2.42. The molecule has 2 rings (SSSR count). The van der Waals surface area contributed by atoms with Gasteiger partial charge in [-0.2, -0.15) is 0 Å². The number of terminal acetylenes is 1. The molecule has 0 N–H and O–H groups in total. The topological polar surface area (TPSA) is 6.48 Å². The molecule has 1 heterocycles. The van der Waals surface area contributed by atoms with Crippen molar-refractivity contribution in [3.63, 3.8) is 0 Å². The van der Waals surface area contributed by atoms with E-state index in [4.69, 9.17) is 6.42 Å². The maximum absolute atomic E-state index is 5.51. The van der Waals surface area contributed by atoms with E-state index in [1.54, 1.807) is 0 Å². The quantitative estimate of drug-likeness (QED) is 0.722. The summed E-state index contributed by atoms with van der Waals surface area (Å²) in [7, 11) is 0. The zero-order chi connectivity index (χ0) is 14.9. The van der Waals surface area contributed by atoms with E-state index >= 15 is 0 Å². The second kappa shape index (κ2) is 5.50. The van der Waals surface area contributed by atoms with E-state index in [-0.39, 0.29) is 5.54 Å². The average molecular weight is 270 g/mol. The van der Waals surface area contributed by atoms with Gasteiger partial charge >= 0.3 is 0 Å². The summed E-state index contributed by atoms with van der Waals surface area (Å²) in [4.78, 5) is 5.08. The summed E-state index contributed by atoms with van der Waals surface area (Å²) in [6.07, 6.45) is 5.51. The molecule has 0 spiro atoms. The van der Waals surface area contributed by atoms with Crippen molar-refractivity contribution in [2.75, 3.05) is 18.0 Å². The molecule has 2 nitrogen and oxygen atoms in total. The SMILES string of the molecule is C#Cc1cccc(N2C[C@@H](C)N(C(C)(C)C)[C@@H](C)C2)c1. The Morgan fingerprint density at radius 1 is 1.15 bits per heavy atom. The smallest absolute Gasteiger partial charge is 0.0379 e. The van der Waals surface area contributed by atoms with E-state index < -0.39 is 0 Å². The Morgan fingerprint density at radius 3 is 2.25 bits per heavy atom. The van der Waals surface area contributed by atoms with Gasteiger partial charge in [-0.05, 0) is 52.8 Å². The second-order valence-corrected chi connectivity index (χ2v) is 6.88. The number of hydrogen-bond acceptors (Lipinski definition) is 2. The number of benzene rings is 1. The maximum atomic E-state index is 5.51. The first-order valence-electron chi connectivity index (χ1n) is 7.43. The van der Waals surface area contributed by atoms with Crippen LogP contribution in [0.5, 0.6) is 0 Å². The molecule has 0 saturated carbocycles. The zero-order valence-electron chi connectivity index (χ0n) is 13.4. The Hall–Kier alpha value is -1.46. The highest BCUT2D eigenvalue weighted by Gasteiger charge is 2.36. The first kappa shape index (κ1) is 14.9. The summed E-state index contributed by atoms with van der Waals surface area (Å²) >= 11 is 0. The molecule has 0 amide bonds. The van der Waals surface area contributed by atoms with Crippen molar-refractivity contribution in [1.29, 1.82) is 0 Å². The summed E-state index contributed by atoms with van der Waals surface area (Å²) in [6, 6.07) is 9.39. The fourth-order valence-electron chi connectivity index (χ4n) is 3.65. The molecule has 2 atom stereocenters. The fraction of sp³-hybridized carbons (Fsp3) is 0.556. The van der Waals surface area contributed by atoms with E-state index in [0.717, 1.165) is 18.7 Å². The summed E-state index contributed by atoms with van der Waals surface area (Å²) in [5.74, 6) is 2.72. The molecule has 1 aromatic carbocycles. The van der Waals surface area contributed by atoms with Gasteiger partial charge in [0.25, 0.3) is 0 Å². The maximum Gasteiger partial charge on any atom is 0.0379 e. The van der Waals surface area contributed by atoms with Gasteiger partial charge in [-0.3, -0.25) is 4.90 Å². The van der Waals surface area contributed by atoms with Crippen LogP contribution in [0.25, 0.3) is 0 Å². The van der Waals surface area contributed by atoms with Gasteiger partial charge in [-0.1, -0.05) is 12.0 Å². The van der Waals surface area contributed by atoms with Crippen molar-refractivity contribution in [3.8, 4) is 12.3 Å². The highest BCUT2D eigenvalue weighted by Crippen LogP contribution is 2.28. The average Bonchev–Trinajstić information content (AvgIpc) is 2.36. The Labute approximate surface area is 123 Å². The molecule has 0 unspecified atom stereocenters. The van der Waals surface area contributed by atoms with Crippen molar-refractivity contribution >= 4 is 5.69 Å². The van der Waals surface area contributed by atoms with Crippen molar-refractivity contribution in [1.82, 2.24) is 4.90 Å². The lowest BCUT2D eigenvalue weighted by Gasteiger charge is -2.51. The third-order valence-electron chi connectivity index (χ3n) is 4.07. The number of rotatable bonds is 1. The zero-order valence-corrected chi connectivity index (χ0v) is 13.4. The number of hydrogen-bond donors (Lipinski definition) is 0. The first-order valence-corrected chi connectivity index (χ1v) is 7.43. The third kappa shape index (κ3) is 2.99. The van der Waals surface area contributed by atoms with Crippen LogP contribution in [-0.2, 0) is 0 Å². The largest absolute Gasteiger partial charge is 0.368 e. The standard InChI is InChI=1S/C18H26N2/c1-7-16-9-8-10-17(11-16)19-12-14(2)20(15(3)13-19)18(4,5)6/h1,8-11,14-15H,12-13H2,2-6H3/t14-,15+. The molecule has 0 bridgehead atoms. The molecule has 1 aliphatic heterocycles. The summed E-state index contributed by atoms with van der Waals surface area (Å²) < 4.78 is 0. The number of nitrogens with zero attached hydrogens (tertiary/aromatic N) is 2. The lowest BCUT2D eigenvalue weighted by atomic mass is 9.96. The van der Waals surface area contributed by atoms with Crippen molar-refractivity contribution < 1.29 is 0 Å². The minimum absolute atomic E-state index is 0.214. The van der Waals surface area contributed by atoms with E-state index in [1.165, 1.54) is 5.69 Å². The molecule has 108 valence electrons. The van der Waals surface area contributed by atoms with Crippen molar-refractivity contribution in [3.05, 3.63) is 29.8 Å². The van der Waals surface area contributed by atoms with E-state index in [1.807, 2.05) is 6.07 Å². The Bertz CT molecular complexity index is 495. The van der Waals surface area contributed by atoms with Crippen LogP contribution in [0.15, 0.2) is 24.3 Å². The van der Waals surface area contributed by atoms with E-state index in [2.05, 4.69) is 68.5 Å². The minimum Gasteiger partial charge on any atom is -0.368 e. The van der Waals surface area contributed by atoms with E-state index in [9.17, 15) is 0 Å². The molecule has 1 aliphatic rings. The van der Waals surface area contributed by atoms with Gasteiger partial charge in [-0.25, -0.2) is 0 Å². The van der Waals surface area contributed by atoms with Gasteiger partial charge in [0, 0.05) is 42.0 Å². The van der Waals surface area contributed by atoms with Gasteiger partial charge in [0.05, 0.1) is 0 Å². The third-order valence-corrected chi connectivity index (χ3v) is 4.07. The molecule has 1 fully saturated rings. The van der Waals surface area contributed by atoms with Gasteiger partial charge in [-0.15, -0.1) is 6.42 Å². The molecule has 0 aliphatic carbocycles. The van der Waals surface area contributed by atoms with Gasteiger partial charge in [0.2, 0.25) is 0 Å². The molecule has 0 aromatic heterocycles. The predicted octanol–water partition coefficient (Wildman–Crippen LogP) is 3.37. The van der Waals surface area contributed by atoms with Crippen LogP contribution in [-0.4, -0.2) is 35.6 Å². The molecule has 1 aromatic rings. The Morgan fingerprint density at radius 2 is 1.75 bits per heavy atom. The van der Waals surface area contributed by atoms with Crippen molar-refractivity contribution in [2.24, 2.45) is 0 Å². The van der Waals surface area contributed by atoms with Crippen LogP contribution in [0.1, 0.15) is 40.2 Å². The van der Waals surface area contributed by atoms with Crippen LogP contribution >= 0.6 is 0 Å². The van der Waals surface area contributed by atoms with Crippen LogP contribution in [0, 0.1) is 12.3 Å². The summed E-state index contributed by atoms with van der Waals surface area (Å²) in [6.45, 7) is 13.6. The molecule has 2 heteroatoms. The highest BCUT2D eigenvalue weighted by molar-refractivity contribution is 5.52. The van der Waals surface area contributed by atoms with Crippen LogP contribution in [0.4, 0.5) is 5.69 Å².